The molecule has 1 aromatic carbocycles. The number of hydrogen-bond donors (Lipinski definition) is 1. The summed E-state index contributed by atoms with van der Waals surface area (Å²) < 4.78 is 19.1. The Morgan fingerprint density at radius 1 is 1.30 bits per heavy atom. The fourth-order valence-electron chi connectivity index (χ4n) is 2.26. The number of anilines is 1. The molecule has 0 amide bonds. The first-order valence-corrected chi connectivity index (χ1v) is 6.74. The Balaban J connectivity index is 2.26. The maximum atomic E-state index is 13.5. The Hall–Kier alpha value is -1.81. The van der Waals surface area contributed by atoms with Crippen molar-refractivity contribution in [2.45, 2.75) is 26.4 Å². The summed E-state index contributed by atoms with van der Waals surface area (Å²) in [6.45, 7) is 4.60. The number of hydrogen-bond acceptors (Lipinski definition) is 3. The summed E-state index contributed by atoms with van der Waals surface area (Å²) in [7, 11) is 3.85. The van der Waals surface area contributed by atoms with Crippen molar-refractivity contribution in [2.75, 3.05) is 19.0 Å². The van der Waals surface area contributed by atoms with Gasteiger partial charge >= 0.3 is 0 Å². The highest BCUT2D eigenvalue weighted by molar-refractivity contribution is 5.54. The van der Waals surface area contributed by atoms with Gasteiger partial charge in [0.25, 0.3) is 0 Å². The molecule has 4 heteroatoms. The predicted octanol–water partition coefficient (Wildman–Crippen LogP) is 3.64. The van der Waals surface area contributed by atoms with Gasteiger partial charge in [-0.15, -0.1) is 0 Å². The highest BCUT2D eigenvalue weighted by Gasteiger charge is 2.14. The van der Waals surface area contributed by atoms with Gasteiger partial charge in [0.2, 0.25) is 0 Å². The highest BCUT2D eigenvalue weighted by Crippen LogP contribution is 2.27. The van der Waals surface area contributed by atoms with Crippen molar-refractivity contribution in [1.29, 1.82) is 0 Å². The molecule has 2 aromatic rings. The Kier molecular flexibility index (Phi) is 4.45. The fourth-order valence-corrected chi connectivity index (χ4v) is 2.26. The van der Waals surface area contributed by atoms with Crippen molar-refractivity contribution in [3.8, 4) is 0 Å². The second kappa shape index (κ2) is 6.09. The summed E-state index contributed by atoms with van der Waals surface area (Å²) in [5.41, 5.74) is 1.94. The minimum Gasteiger partial charge on any atom is -0.464 e. The molecule has 1 aromatic heterocycles. The molecule has 0 aliphatic carbocycles. The van der Waals surface area contributed by atoms with E-state index in [1.807, 2.05) is 46.1 Å². The Morgan fingerprint density at radius 2 is 2.05 bits per heavy atom. The minimum atomic E-state index is -0.215. The van der Waals surface area contributed by atoms with Gasteiger partial charge < -0.3 is 14.6 Å². The first kappa shape index (κ1) is 14.6. The van der Waals surface area contributed by atoms with Crippen LogP contribution in [0.25, 0.3) is 0 Å². The van der Waals surface area contributed by atoms with Gasteiger partial charge in [-0.25, -0.2) is 4.39 Å². The lowest BCUT2D eigenvalue weighted by Crippen LogP contribution is -2.21. The molecule has 1 unspecified atom stereocenters. The molecule has 20 heavy (non-hydrogen) atoms. The average molecular weight is 276 g/mol. The second-order valence-corrected chi connectivity index (χ2v) is 5.08. The van der Waals surface area contributed by atoms with Crippen LogP contribution in [0.3, 0.4) is 0 Å². The Labute approximate surface area is 119 Å². The SMILES string of the molecule is CNC(C)c1cc(F)ccc1N(C)Cc1ccc(C)o1. The molecular formula is C16H21FN2O. The van der Waals surface area contributed by atoms with Crippen LogP contribution in [0.15, 0.2) is 34.7 Å². The second-order valence-electron chi connectivity index (χ2n) is 5.08. The van der Waals surface area contributed by atoms with Crippen LogP contribution in [-0.4, -0.2) is 14.1 Å². The van der Waals surface area contributed by atoms with E-state index in [4.69, 9.17) is 4.42 Å². The van der Waals surface area contributed by atoms with E-state index in [1.54, 1.807) is 6.07 Å². The molecule has 1 heterocycles. The topological polar surface area (TPSA) is 28.4 Å². The number of benzene rings is 1. The van der Waals surface area contributed by atoms with Gasteiger partial charge in [-0.1, -0.05) is 0 Å². The smallest absolute Gasteiger partial charge is 0.123 e. The van der Waals surface area contributed by atoms with Gasteiger partial charge in [-0.05, 0) is 56.8 Å². The zero-order valence-electron chi connectivity index (χ0n) is 12.4. The summed E-state index contributed by atoms with van der Waals surface area (Å²) in [5, 5.41) is 3.15. The van der Waals surface area contributed by atoms with Crippen LogP contribution in [0.5, 0.6) is 0 Å². The standard InChI is InChI=1S/C16H21FN2O/c1-11-5-7-14(20-11)10-19(4)16-8-6-13(17)9-15(16)12(2)18-3/h5-9,12,18H,10H2,1-4H3. The number of nitrogens with zero attached hydrogens (tertiary/aromatic N) is 1. The molecule has 1 atom stereocenters. The van der Waals surface area contributed by atoms with E-state index < -0.39 is 0 Å². The molecule has 0 saturated carbocycles. The van der Waals surface area contributed by atoms with Gasteiger partial charge in [0.15, 0.2) is 0 Å². The maximum Gasteiger partial charge on any atom is 0.123 e. The van der Waals surface area contributed by atoms with Gasteiger partial charge in [0.05, 0.1) is 6.54 Å². The minimum absolute atomic E-state index is 0.0847. The van der Waals surface area contributed by atoms with E-state index in [2.05, 4.69) is 10.2 Å². The predicted molar refractivity (Wildman–Crippen MR) is 79.4 cm³/mol. The number of rotatable bonds is 5. The molecule has 1 N–H and O–H groups in total. The number of nitrogens with one attached hydrogen (secondary N) is 1. The highest BCUT2D eigenvalue weighted by atomic mass is 19.1. The zero-order chi connectivity index (χ0) is 14.7. The monoisotopic (exact) mass is 276 g/mol. The Bertz CT molecular complexity index is 580. The van der Waals surface area contributed by atoms with Crippen LogP contribution in [-0.2, 0) is 6.54 Å². The van der Waals surface area contributed by atoms with Crippen LogP contribution in [0.1, 0.15) is 30.0 Å². The summed E-state index contributed by atoms with van der Waals surface area (Å²) in [6, 6.07) is 8.89. The van der Waals surface area contributed by atoms with E-state index >= 15 is 0 Å². The van der Waals surface area contributed by atoms with Crippen molar-refractivity contribution in [3.05, 3.63) is 53.2 Å². The number of halogens is 1. The lowest BCUT2D eigenvalue weighted by atomic mass is 10.0. The molecule has 2 rings (SSSR count). The van der Waals surface area contributed by atoms with Crippen LogP contribution in [0, 0.1) is 12.7 Å². The van der Waals surface area contributed by atoms with Crippen molar-refractivity contribution in [2.24, 2.45) is 0 Å². The normalized spacial score (nSPS) is 12.4. The molecule has 0 radical (unpaired) electrons. The van der Waals surface area contributed by atoms with E-state index in [1.165, 1.54) is 6.07 Å². The third-order valence-corrected chi connectivity index (χ3v) is 3.49. The largest absolute Gasteiger partial charge is 0.464 e. The molecule has 0 aliphatic heterocycles. The van der Waals surface area contributed by atoms with Gasteiger partial charge in [-0.3, -0.25) is 0 Å². The molecule has 0 fully saturated rings. The average Bonchev–Trinajstić information content (AvgIpc) is 2.82. The zero-order valence-corrected chi connectivity index (χ0v) is 12.4. The molecule has 0 aliphatic rings. The van der Waals surface area contributed by atoms with Crippen LogP contribution >= 0.6 is 0 Å². The third-order valence-electron chi connectivity index (χ3n) is 3.49. The molecule has 108 valence electrons. The van der Waals surface area contributed by atoms with Crippen LogP contribution in [0.4, 0.5) is 10.1 Å². The van der Waals surface area contributed by atoms with Crippen LogP contribution in [0.2, 0.25) is 0 Å². The summed E-state index contributed by atoms with van der Waals surface area (Å²) >= 11 is 0. The van der Waals surface area contributed by atoms with Crippen molar-refractivity contribution >= 4 is 5.69 Å². The lowest BCUT2D eigenvalue weighted by Gasteiger charge is -2.24. The molecule has 3 nitrogen and oxygen atoms in total. The Morgan fingerprint density at radius 3 is 2.65 bits per heavy atom. The third kappa shape index (κ3) is 3.20. The quantitative estimate of drug-likeness (QED) is 0.903. The fraction of sp³-hybridized carbons (Fsp3) is 0.375. The van der Waals surface area contributed by atoms with E-state index in [9.17, 15) is 4.39 Å². The summed E-state index contributed by atoms with van der Waals surface area (Å²) in [5.74, 6) is 1.59. The van der Waals surface area contributed by atoms with Gasteiger partial charge in [0.1, 0.15) is 17.3 Å². The lowest BCUT2D eigenvalue weighted by molar-refractivity contribution is 0.481. The summed E-state index contributed by atoms with van der Waals surface area (Å²) in [4.78, 5) is 2.07. The maximum absolute atomic E-state index is 13.5. The van der Waals surface area contributed by atoms with E-state index in [0.717, 1.165) is 22.8 Å². The van der Waals surface area contributed by atoms with E-state index in [-0.39, 0.29) is 11.9 Å². The van der Waals surface area contributed by atoms with Gasteiger partial charge in [-0.2, -0.15) is 0 Å². The van der Waals surface area contributed by atoms with Crippen molar-refractivity contribution in [1.82, 2.24) is 5.32 Å². The molecule has 0 spiro atoms. The van der Waals surface area contributed by atoms with Crippen molar-refractivity contribution < 1.29 is 8.81 Å². The molecular weight excluding hydrogens is 255 g/mol. The first-order valence-electron chi connectivity index (χ1n) is 6.74. The number of aryl methyl sites for hydroxylation is 1. The van der Waals surface area contributed by atoms with Crippen molar-refractivity contribution in [3.63, 3.8) is 0 Å². The van der Waals surface area contributed by atoms with E-state index in [0.29, 0.717) is 6.54 Å². The molecule has 0 saturated heterocycles. The van der Waals surface area contributed by atoms with Gasteiger partial charge in [0, 0.05) is 18.8 Å². The first-order chi connectivity index (χ1) is 9.51. The number of furan rings is 1. The van der Waals surface area contributed by atoms with Crippen LogP contribution < -0.4 is 10.2 Å². The summed E-state index contributed by atoms with van der Waals surface area (Å²) in [6.07, 6.45) is 0. The molecule has 0 bridgehead atoms.